The van der Waals surface area contributed by atoms with E-state index in [0.29, 0.717) is 5.56 Å². The third-order valence-electron chi connectivity index (χ3n) is 2.93. The molecule has 8 nitrogen and oxygen atoms in total. The average Bonchev–Trinajstić information content (AvgIpc) is 2.51. The molecule has 0 aromatic heterocycles. The van der Waals surface area contributed by atoms with Crippen molar-refractivity contribution in [3.05, 3.63) is 59.7 Å². The van der Waals surface area contributed by atoms with Gasteiger partial charge in [-0.05, 0) is 35.9 Å². The standard InChI is InChI=1S/C14H12O8S2/c15-14(11-4-2-6-13(8-11)24(19,20)21)22-9-10-3-1-5-12(7-10)23(16,17)18/h1-8H,9H2,(H,16,17,18)(H,19,20,21). The van der Waals surface area contributed by atoms with E-state index in [9.17, 15) is 21.6 Å². The van der Waals surface area contributed by atoms with E-state index in [1.165, 1.54) is 30.3 Å². The normalized spacial score (nSPS) is 11.9. The molecule has 0 aliphatic rings. The Morgan fingerprint density at radius 2 is 1.42 bits per heavy atom. The monoisotopic (exact) mass is 372 g/mol. The van der Waals surface area contributed by atoms with Crippen molar-refractivity contribution in [2.24, 2.45) is 0 Å². The number of carbonyl (C=O) groups is 1. The van der Waals surface area contributed by atoms with Crippen LogP contribution in [0.4, 0.5) is 0 Å². The van der Waals surface area contributed by atoms with Crippen LogP contribution in [0.25, 0.3) is 0 Å². The largest absolute Gasteiger partial charge is 0.457 e. The van der Waals surface area contributed by atoms with E-state index in [0.717, 1.165) is 18.2 Å². The van der Waals surface area contributed by atoms with Crippen molar-refractivity contribution in [1.82, 2.24) is 0 Å². The maximum absolute atomic E-state index is 11.9. The molecule has 2 aromatic rings. The maximum Gasteiger partial charge on any atom is 0.338 e. The molecule has 0 bridgehead atoms. The van der Waals surface area contributed by atoms with Gasteiger partial charge in [-0.3, -0.25) is 9.11 Å². The highest BCUT2D eigenvalue weighted by molar-refractivity contribution is 7.86. The van der Waals surface area contributed by atoms with Crippen molar-refractivity contribution < 1.29 is 35.5 Å². The number of ether oxygens (including phenoxy) is 1. The summed E-state index contributed by atoms with van der Waals surface area (Å²) >= 11 is 0. The van der Waals surface area contributed by atoms with Crippen molar-refractivity contribution in [2.75, 3.05) is 0 Å². The van der Waals surface area contributed by atoms with Gasteiger partial charge in [0.2, 0.25) is 0 Å². The van der Waals surface area contributed by atoms with Crippen molar-refractivity contribution in [3.63, 3.8) is 0 Å². The Morgan fingerprint density at radius 3 is 2.00 bits per heavy atom. The van der Waals surface area contributed by atoms with Crippen LogP contribution in [0.5, 0.6) is 0 Å². The maximum atomic E-state index is 11.9. The van der Waals surface area contributed by atoms with Crippen LogP contribution >= 0.6 is 0 Å². The Bertz CT molecular complexity index is 977. The molecular formula is C14H12O8S2. The first-order valence-electron chi connectivity index (χ1n) is 6.38. The lowest BCUT2D eigenvalue weighted by molar-refractivity contribution is 0.0472. The zero-order valence-corrected chi connectivity index (χ0v) is 13.6. The minimum Gasteiger partial charge on any atom is -0.457 e. The molecular weight excluding hydrogens is 360 g/mol. The molecule has 0 spiro atoms. The molecule has 0 aliphatic carbocycles. The Balaban J connectivity index is 2.15. The third kappa shape index (κ3) is 4.61. The summed E-state index contributed by atoms with van der Waals surface area (Å²) in [5.41, 5.74) is 0.209. The summed E-state index contributed by atoms with van der Waals surface area (Å²) in [5.74, 6) is -0.863. The molecule has 2 aromatic carbocycles. The lowest BCUT2D eigenvalue weighted by Gasteiger charge is -2.07. The van der Waals surface area contributed by atoms with Crippen LogP contribution in [0.1, 0.15) is 15.9 Å². The topological polar surface area (TPSA) is 135 Å². The number of hydrogen-bond donors (Lipinski definition) is 2. The van der Waals surface area contributed by atoms with Crippen molar-refractivity contribution in [1.29, 1.82) is 0 Å². The fourth-order valence-electron chi connectivity index (χ4n) is 1.81. The summed E-state index contributed by atoms with van der Waals surface area (Å²) in [6.45, 7) is -0.293. The lowest BCUT2D eigenvalue weighted by Crippen LogP contribution is -2.07. The summed E-state index contributed by atoms with van der Waals surface area (Å²) in [7, 11) is -8.82. The summed E-state index contributed by atoms with van der Waals surface area (Å²) in [6, 6.07) is 9.79. The Labute approximate surface area is 138 Å². The smallest absolute Gasteiger partial charge is 0.338 e. The molecule has 10 heteroatoms. The molecule has 0 aliphatic heterocycles. The van der Waals surface area contributed by atoms with Crippen LogP contribution in [0.2, 0.25) is 0 Å². The highest BCUT2D eigenvalue weighted by Crippen LogP contribution is 2.15. The number of carbonyl (C=O) groups excluding carboxylic acids is 1. The molecule has 0 saturated carbocycles. The molecule has 0 fully saturated rings. The Hall–Kier alpha value is -2.27. The molecule has 0 heterocycles. The summed E-state index contributed by atoms with van der Waals surface area (Å²) in [5, 5.41) is 0. The van der Waals surface area contributed by atoms with Gasteiger partial charge in [-0.2, -0.15) is 16.8 Å². The number of rotatable bonds is 5. The van der Waals surface area contributed by atoms with Gasteiger partial charge in [0.25, 0.3) is 20.2 Å². The van der Waals surface area contributed by atoms with Crippen LogP contribution in [0, 0.1) is 0 Å². The molecule has 0 atom stereocenters. The van der Waals surface area contributed by atoms with E-state index in [4.69, 9.17) is 13.8 Å². The number of hydrogen-bond acceptors (Lipinski definition) is 6. The minimum atomic E-state index is -4.45. The Morgan fingerprint density at radius 1 is 0.875 bits per heavy atom. The van der Waals surface area contributed by atoms with Gasteiger partial charge in [-0.1, -0.05) is 18.2 Å². The highest BCUT2D eigenvalue weighted by Gasteiger charge is 2.15. The first-order valence-corrected chi connectivity index (χ1v) is 9.26. The van der Waals surface area contributed by atoms with E-state index >= 15 is 0 Å². The van der Waals surface area contributed by atoms with E-state index < -0.39 is 31.1 Å². The van der Waals surface area contributed by atoms with Gasteiger partial charge in [0.05, 0.1) is 15.4 Å². The van der Waals surface area contributed by atoms with E-state index in [1.807, 2.05) is 0 Å². The molecule has 2 rings (SSSR count). The average molecular weight is 372 g/mol. The minimum absolute atomic E-state index is 0.101. The predicted molar refractivity (Wildman–Crippen MR) is 81.6 cm³/mol. The second-order valence-corrected chi connectivity index (χ2v) is 7.54. The lowest BCUT2D eigenvalue weighted by atomic mass is 10.2. The van der Waals surface area contributed by atoms with E-state index in [1.54, 1.807) is 0 Å². The van der Waals surface area contributed by atoms with Crippen molar-refractivity contribution in [3.8, 4) is 0 Å². The van der Waals surface area contributed by atoms with Gasteiger partial charge in [0, 0.05) is 0 Å². The Kier molecular flexibility index (Phi) is 5.04. The predicted octanol–water partition coefficient (Wildman–Crippen LogP) is 1.54. The zero-order chi connectivity index (χ0) is 18.0. The van der Waals surface area contributed by atoms with Gasteiger partial charge in [-0.15, -0.1) is 0 Å². The van der Waals surface area contributed by atoms with E-state index in [-0.39, 0.29) is 17.1 Å². The fraction of sp³-hybridized carbons (Fsp3) is 0.0714. The van der Waals surface area contributed by atoms with Gasteiger partial charge in [-0.25, -0.2) is 4.79 Å². The van der Waals surface area contributed by atoms with Gasteiger partial charge in [0.15, 0.2) is 0 Å². The second-order valence-electron chi connectivity index (χ2n) is 4.70. The molecule has 2 N–H and O–H groups in total. The first-order chi connectivity index (χ1) is 11.1. The van der Waals surface area contributed by atoms with Gasteiger partial charge in [0.1, 0.15) is 6.61 Å². The number of esters is 1. The SMILES string of the molecule is O=C(OCc1cccc(S(=O)(=O)O)c1)c1cccc(S(=O)(=O)O)c1. The summed E-state index contributed by atoms with van der Waals surface area (Å²) in [4.78, 5) is 11.1. The highest BCUT2D eigenvalue weighted by atomic mass is 32.2. The molecule has 0 radical (unpaired) electrons. The quantitative estimate of drug-likeness (QED) is 0.596. The van der Waals surface area contributed by atoms with Crippen LogP contribution in [0.3, 0.4) is 0 Å². The third-order valence-corrected chi connectivity index (χ3v) is 4.63. The van der Waals surface area contributed by atoms with Crippen LogP contribution in [-0.4, -0.2) is 31.9 Å². The zero-order valence-electron chi connectivity index (χ0n) is 12.0. The fourth-order valence-corrected chi connectivity index (χ4v) is 2.89. The van der Waals surface area contributed by atoms with Crippen molar-refractivity contribution >= 4 is 26.2 Å². The molecule has 128 valence electrons. The van der Waals surface area contributed by atoms with Crippen molar-refractivity contribution in [2.45, 2.75) is 16.4 Å². The van der Waals surface area contributed by atoms with Crippen LogP contribution in [0.15, 0.2) is 58.3 Å². The molecule has 0 amide bonds. The van der Waals surface area contributed by atoms with E-state index in [2.05, 4.69) is 0 Å². The summed E-state index contributed by atoms with van der Waals surface area (Å²) < 4.78 is 67.0. The molecule has 24 heavy (non-hydrogen) atoms. The summed E-state index contributed by atoms with van der Waals surface area (Å²) in [6.07, 6.45) is 0. The molecule has 0 saturated heterocycles. The van der Waals surface area contributed by atoms with Gasteiger partial charge >= 0.3 is 5.97 Å². The van der Waals surface area contributed by atoms with Crippen LogP contribution < -0.4 is 0 Å². The molecule has 0 unspecified atom stereocenters. The number of benzene rings is 2. The second kappa shape index (κ2) is 6.69. The first kappa shape index (κ1) is 18.1. The van der Waals surface area contributed by atoms with Crippen LogP contribution in [-0.2, 0) is 31.6 Å². The van der Waals surface area contributed by atoms with Gasteiger partial charge < -0.3 is 4.74 Å².